The fourth-order valence-electron chi connectivity index (χ4n) is 3.84. The average molecular weight is 511 g/mol. The van der Waals surface area contributed by atoms with Gasteiger partial charge in [0.15, 0.2) is 0 Å². The molecule has 3 heterocycles. The second-order valence-corrected chi connectivity index (χ2v) is 8.09. The molecular weight excluding hydrogens is 485 g/mol. The minimum atomic E-state index is -2.79. The van der Waals surface area contributed by atoms with Crippen molar-refractivity contribution in [2.75, 3.05) is 36.9 Å². The summed E-state index contributed by atoms with van der Waals surface area (Å²) in [4.78, 5) is 18.6. The van der Waals surface area contributed by atoms with E-state index in [2.05, 4.69) is 19.9 Å². The predicted molar refractivity (Wildman–Crippen MR) is 134 cm³/mol. The zero-order valence-corrected chi connectivity index (χ0v) is 20.0. The van der Waals surface area contributed by atoms with Gasteiger partial charge in [0.2, 0.25) is 11.8 Å². The molecule has 0 spiro atoms. The van der Waals surface area contributed by atoms with Gasteiger partial charge in [-0.2, -0.15) is 4.98 Å². The number of benzene rings is 1. The molecule has 0 fully saturated rings. The van der Waals surface area contributed by atoms with Gasteiger partial charge in [-0.3, -0.25) is 4.98 Å². The van der Waals surface area contributed by atoms with Gasteiger partial charge in [-0.05, 0) is 61.0 Å². The molecule has 0 amide bonds. The Morgan fingerprint density at radius 2 is 1.78 bits per heavy atom. The van der Waals surface area contributed by atoms with Crippen LogP contribution < -0.4 is 15.4 Å². The number of aliphatic hydroxyl groups excluding tert-OH is 1. The Hall–Kier alpha value is -4.25. The highest BCUT2D eigenvalue weighted by Crippen LogP contribution is 2.39. The summed E-state index contributed by atoms with van der Waals surface area (Å²) in [5.41, 5.74) is 7.42. The van der Waals surface area contributed by atoms with Gasteiger partial charge in [0.25, 0.3) is 6.43 Å². The van der Waals surface area contributed by atoms with Gasteiger partial charge in [0.05, 0.1) is 24.4 Å². The van der Waals surface area contributed by atoms with Gasteiger partial charge in [-0.1, -0.05) is 6.07 Å². The number of nitrogens with zero attached hydrogens (tertiary/aromatic N) is 5. The zero-order chi connectivity index (χ0) is 26.4. The fraction of sp³-hybridized carbons (Fsp3) is 0.231. The van der Waals surface area contributed by atoms with E-state index in [1.165, 1.54) is 30.3 Å². The number of halogens is 3. The average Bonchev–Trinajstić information content (AvgIpc) is 2.88. The van der Waals surface area contributed by atoms with Crippen LogP contribution in [-0.2, 0) is 0 Å². The van der Waals surface area contributed by atoms with Crippen LogP contribution in [0, 0.1) is 12.7 Å². The number of aromatic nitrogens is 4. The molecule has 0 bridgehead atoms. The smallest absolute Gasteiger partial charge is 0.280 e. The number of alkyl halides is 2. The molecule has 3 N–H and O–H groups in total. The molecule has 8 nitrogen and oxygen atoms in total. The fourth-order valence-corrected chi connectivity index (χ4v) is 3.84. The molecule has 37 heavy (non-hydrogen) atoms. The van der Waals surface area contributed by atoms with Crippen molar-refractivity contribution in [2.45, 2.75) is 13.3 Å². The lowest BCUT2D eigenvalue weighted by Crippen LogP contribution is -2.31. The van der Waals surface area contributed by atoms with E-state index in [0.29, 0.717) is 47.0 Å². The molecule has 0 radical (unpaired) electrons. The number of hydrogen-bond donors (Lipinski definition) is 2. The van der Waals surface area contributed by atoms with Crippen molar-refractivity contribution in [3.63, 3.8) is 0 Å². The highest BCUT2D eigenvalue weighted by molar-refractivity contribution is 5.85. The van der Waals surface area contributed by atoms with E-state index in [-0.39, 0.29) is 25.0 Å². The Morgan fingerprint density at radius 3 is 2.46 bits per heavy atom. The van der Waals surface area contributed by atoms with Crippen LogP contribution in [0.3, 0.4) is 0 Å². The number of nitrogens with two attached hydrogens (primary N) is 1. The Bertz CT molecular complexity index is 1340. The number of nitrogen functional groups attached to an aromatic ring is 1. The first-order valence-corrected chi connectivity index (χ1v) is 11.5. The van der Waals surface area contributed by atoms with E-state index in [9.17, 15) is 18.3 Å². The van der Waals surface area contributed by atoms with E-state index >= 15 is 0 Å². The van der Waals surface area contributed by atoms with E-state index in [1.54, 1.807) is 25.3 Å². The second kappa shape index (κ2) is 11.7. The van der Waals surface area contributed by atoms with E-state index in [1.807, 2.05) is 17.0 Å². The van der Waals surface area contributed by atoms with Crippen molar-refractivity contribution in [3.05, 3.63) is 78.0 Å². The van der Waals surface area contributed by atoms with E-state index < -0.39 is 17.9 Å². The highest BCUT2D eigenvalue weighted by atomic mass is 19.3. The summed E-state index contributed by atoms with van der Waals surface area (Å²) in [6, 6.07) is 13.8. The quantitative estimate of drug-likeness (QED) is 0.322. The van der Waals surface area contributed by atoms with Crippen molar-refractivity contribution in [1.82, 2.24) is 19.9 Å². The molecule has 0 saturated carbocycles. The molecule has 4 aromatic rings. The number of rotatable bonds is 10. The van der Waals surface area contributed by atoms with Gasteiger partial charge in [0, 0.05) is 24.0 Å². The lowest BCUT2D eigenvalue weighted by Gasteiger charge is -2.23. The lowest BCUT2D eigenvalue weighted by molar-refractivity contribution is 0.146. The molecule has 4 rings (SSSR count). The maximum absolute atomic E-state index is 13.6. The molecule has 0 atom stereocenters. The van der Waals surface area contributed by atoms with Crippen LogP contribution >= 0.6 is 0 Å². The van der Waals surface area contributed by atoms with Crippen LogP contribution in [0.2, 0.25) is 0 Å². The van der Waals surface area contributed by atoms with Gasteiger partial charge in [0.1, 0.15) is 23.9 Å². The predicted octanol–water partition coefficient (Wildman–Crippen LogP) is 4.45. The molecule has 0 aliphatic rings. The number of anilines is 2. The van der Waals surface area contributed by atoms with E-state index in [4.69, 9.17) is 10.5 Å². The summed E-state index contributed by atoms with van der Waals surface area (Å²) < 4.78 is 46.8. The van der Waals surface area contributed by atoms with Crippen molar-refractivity contribution >= 4 is 11.8 Å². The molecule has 0 unspecified atom stereocenters. The summed E-state index contributed by atoms with van der Waals surface area (Å²) in [6.07, 6.45) is -1.15. The highest BCUT2D eigenvalue weighted by Gasteiger charge is 2.22. The summed E-state index contributed by atoms with van der Waals surface area (Å²) >= 11 is 0. The maximum Gasteiger partial charge on any atom is 0.280 e. The van der Waals surface area contributed by atoms with Gasteiger partial charge in [-0.25, -0.2) is 23.1 Å². The van der Waals surface area contributed by atoms with Crippen LogP contribution in [0.4, 0.5) is 24.9 Å². The topological polar surface area (TPSA) is 110 Å². The Labute approximate surface area is 211 Å². The zero-order valence-electron chi connectivity index (χ0n) is 20.0. The maximum atomic E-state index is 13.6. The first kappa shape index (κ1) is 25.8. The van der Waals surface area contributed by atoms with Gasteiger partial charge >= 0.3 is 0 Å². The molecule has 192 valence electrons. The normalized spacial score (nSPS) is 11.1. The molecule has 0 aliphatic carbocycles. The number of aryl methyl sites for hydroxylation is 1. The molecule has 0 aliphatic heterocycles. The molecule has 0 saturated heterocycles. The monoisotopic (exact) mass is 510 g/mol. The minimum Gasteiger partial charge on any atom is -0.475 e. The third kappa shape index (κ3) is 6.31. The summed E-state index contributed by atoms with van der Waals surface area (Å²) in [7, 11) is 0. The van der Waals surface area contributed by atoms with Crippen molar-refractivity contribution in [2.24, 2.45) is 0 Å². The van der Waals surface area contributed by atoms with Gasteiger partial charge < -0.3 is 20.5 Å². The first-order valence-electron chi connectivity index (χ1n) is 11.5. The summed E-state index contributed by atoms with van der Waals surface area (Å²) in [6.45, 7) is 2.27. The third-order valence-corrected chi connectivity index (χ3v) is 5.44. The first-order chi connectivity index (χ1) is 17.9. The van der Waals surface area contributed by atoms with Crippen molar-refractivity contribution in [1.29, 1.82) is 0 Å². The largest absolute Gasteiger partial charge is 0.475 e. The number of pyridine rings is 2. The van der Waals surface area contributed by atoms with Gasteiger partial charge in [-0.15, -0.1) is 0 Å². The third-order valence-electron chi connectivity index (χ3n) is 5.44. The Kier molecular flexibility index (Phi) is 8.14. The molecule has 11 heteroatoms. The second-order valence-electron chi connectivity index (χ2n) is 8.09. The SMILES string of the molecule is Cc1cc(-c2c(OCCN(CCO)c3ccccn3)nc(N)nc2-c2ccc(F)cc2)cc(C(F)F)n1. The van der Waals surface area contributed by atoms with Crippen LogP contribution in [-0.4, -0.2) is 51.3 Å². The minimum absolute atomic E-state index is 0.0719. The summed E-state index contributed by atoms with van der Waals surface area (Å²) in [5.74, 6) is 0.181. The van der Waals surface area contributed by atoms with Crippen LogP contribution in [0.5, 0.6) is 5.88 Å². The van der Waals surface area contributed by atoms with E-state index in [0.717, 1.165) is 0 Å². The number of ether oxygens (including phenoxy) is 1. The lowest BCUT2D eigenvalue weighted by atomic mass is 9.99. The molecule has 3 aromatic heterocycles. The van der Waals surface area contributed by atoms with Crippen LogP contribution in [0.1, 0.15) is 17.8 Å². The summed E-state index contributed by atoms with van der Waals surface area (Å²) in [5, 5.41) is 9.48. The molecular formula is C26H25F3N6O2. The Balaban J connectivity index is 1.76. The number of aliphatic hydroxyl groups is 1. The van der Waals surface area contributed by atoms with Crippen molar-refractivity contribution in [3.8, 4) is 28.3 Å². The number of hydrogen-bond acceptors (Lipinski definition) is 8. The van der Waals surface area contributed by atoms with Crippen molar-refractivity contribution < 1.29 is 23.0 Å². The van der Waals surface area contributed by atoms with Crippen LogP contribution in [0.15, 0.2) is 60.8 Å². The standard InChI is InChI=1S/C26H25F3N6O2/c1-16-14-18(15-20(32-16)24(28)29)22-23(17-5-7-19(27)8-6-17)33-26(30)34-25(22)37-13-11-35(10-12-36)21-4-2-3-9-31-21/h2-9,14-15,24,36H,10-13H2,1H3,(H2,30,33,34). The Morgan fingerprint density at radius 1 is 1.00 bits per heavy atom. The van der Waals surface area contributed by atoms with Crippen LogP contribution in [0.25, 0.3) is 22.4 Å². The molecule has 1 aromatic carbocycles.